The van der Waals surface area contributed by atoms with Crippen molar-refractivity contribution in [3.05, 3.63) is 57.8 Å². The molecule has 25 heavy (non-hydrogen) atoms. The molecule has 0 aliphatic rings. The summed E-state index contributed by atoms with van der Waals surface area (Å²) in [6.07, 6.45) is 0.00295. The van der Waals surface area contributed by atoms with Gasteiger partial charge in [-0.1, -0.05) is 15.9 Å². The fraction of sp³-hybridized carbons (Fsp3) is 0.222. The minimum Gasteiger partial charge on any atom is -0.481 e. The Balaban J connectivity index is 1.50. The average molecular weight is 423 g/mol. The molecular formula is C18H16BrFN2O2S. The minimum absolute atomic E-state index is 0.185. The van der Waals surface area contributed by atoms with Gasteiger partial charge in [0.1, 0.15) is 11.6 Å². The van der Waals surface area contributed by atoms with E-state index < -0.39 is 6.10 Å². The van der Waals surface area contributed by atoms with Gasteiger partial charge in [0.15, 0.2) is 6.10 Å². The maximum atomic E-state index is 13.2. The van der Waals surface area contributed by atoms with Gasteiger partial charge in [-0.25, -0.2) is 9.37 Å². The van der Waals surface area contributed by atoms with Crippen LogP contribution in [-0.2, 0) is 11.2 Å². The molecule has 0 radical (unpaired) electrons. The molecule has 0 saturated carbocycles. The number of nitrogens with zero attached hydrogens (tertiary/aromatic N) is 1. The van der Waals surface area contributed by atoms with Gasteiger partial charge >= 0.3 is 0 Å². The molecule has 1 atom stereocenters. The maximum Gasteiger partial charge on any atom is 0.260 e. The van der Waals surface area contributed by atoms with E-state index in [1.165, 1.54) is 23.5 Å². The Bertz CT molecular complexity index is 882. The quantitative estimate of drug-likeness (QED) is 0.643. The van der Waals surface area contributed by atoms with Crippen molar-refractivity contribution in [1.82, 2.24) is 10.3 Å². The van der Waals surface area contributed by atoms with E-state index in [2.05, 4.69) is 26.2 Å². The van der Waals surface area contributed by atoms with Gasteiger partial charge in [-0.15, -0.1) is 11.3 Å². The summed E-state index contributed by atoms with van der Waals surface area (Å²) in [7, 11) is 0. The Labute approximate surface area is 157 Å². The Morgan fingerprint density at radius 1 is 1.32 bits per heavy atom. The van der Waals surface area contributed by atoms with Gasteiger partial charge in [-0.2, -0.15) is 0 Å². The molecule has 1 aromatic heterocycles. The highest BCUT2D eigenvalue weighted by molar-refractivity contribution is 9.10. The van der Waals surface area contributed by atoms with E-state index in [0.29, 0.717) is 24.2 Å². The Kier molecular flexibility index (Phi) is 5.65. The standard InChI is InChI=1S/C18H16BrFN2O2S/c1-11(24-14-5-2-12(19)3-6-14)18(23)21-9-8-17-22-15-10-13(20)4-7-16(15)25-17/h2-7,10-11H,8-9H2,1H3,(H,21,23)/t11-/m0/s1. The normalized spacial score (nSPS) is 12.1. The monoisotopic (exact) mass is 422 g/mol. The highest BCUT2D eigenvalue weighted by atomic mass is 79.9. The van der Waals surface area contributed by atoms with E-state index in [-0.39, 0.29) is 11.7 Å². The molecule has 1 N–H and O–H groups in total. The molecule has 0 bridgehead atoms. The summed E-state index contributed by atoms with van der Waals surface area (Å²) in [5.41, 5.74) is 0.651. The summed E-state index contributed by atoms with van der Waals surface area (Å²) in [4.78, 5) is 16.5. The van der Waals surface area contributed by atoms with Gasteiger partial charge < -0.3 is 10.1 Å². The number of nitrogens with one attached hydrogen (secondary N) is 1. The molecule has 1 amide bonds. The number of thiazole rings is 1. The van der Waals surface area contributed by atoms with E-state index in [1.807, 2.05) is 12.1 Å². The lowest BCUT2D eigenvalue weighted by molar-refractivity contribution is -0.127. The number of fused-ring (bicyclic) bond motifs is 1. The molecule has 130 valence electrons. The van der Waals surface area contributed by atoms with E-state index in [1.54, 1.807) is 25.1 Å². The topological polar surface area (TPSA) is 51.2 Å². The summed E-state index contributed by atoms with van der Waals surface area (Å²) >= 11 is 4.86. The van der Waals surface area contributed by atoms with Crippen LogP contribution < -0.4 is 10.1 Å². The molecule has 0 aliphatic heterocycles. The van der Waals surface area contributed by atoms with Crippen molar-refractivity contribution < 1.29 is 13.9 Å². The van der Waals surface area contributed by atoms with Gasteiger partial charge in [0, 0.05) is 23.5 Å². The number of carbonyl (C=O) groups excluding carboxylic acids is 1. The summed E-state index contributed by atoms with van der Waals surface area (Å²) in [5.74, 6) is 0.158. The number of carbonyl (C=O) groups is 1. The first kappa shape index (κ1) is 17.8. The number of hydrogen-bond donors (Lipinski definition) is 1. The first-order valence-electron chi connectivity index (χ1n) is 7.76. The zero-order valence-corrected chi connectivity index (χ0v) is 15.9. The zero-order chi connectivity index (χ0) is 17.8. The molecule has 0 spiro atoms. The number of benzene rings is 2. The smallest absolute Gasteiger partial charge is 0.260 e. The molecule has 3 aromatic rings. The van der Waals surface area contributed by atoms with Crippen molar-refractivity contribution in [2.24, 2.45) is 0 Å². The van der Waals surface area contributed by atoms with Crippen LogP contribution in [0.5, 0.6) is 5.75 Å². The van der Waals surface area contributed by atoms with Crippen molar-refractivity contribution in [2.75, 3.05) is 6.54 Å². The maximum absolute atomic E-state index is 13.2. The Hall–Kier alpha value is -1.99. The molecule has 0 saturated heterocycles. The van der Waals surface area contributed by atoms with Crippen LogP contribution in [0, 0.1) is 5.82 Å². The molecule has 0 fully saturated rings. The van der Waals surface area contributed by atoms with Gasteiger partial charge in [0.05, 0.1) is 15.2 Å². The highest BCUT2D eigenvalue weighted by Gasteiger charge is 2.14. The lowest BCUT2D eigenvalue weighted by Gasteiger charge is -2.14. The third-order valence-electron chi connectivity index (χ3n) is 3.53. The number of halogens is 2. The number of ether oxygens (including phenoxy) is 1. The Morgan fingerprint density at radius 3 is 2.84 bits per heavy atom. The summed E-state index contributed by atoms with van der Waals surface area (Å²) in [6.45, 7) is 2.16. The van der Waals surface area contributed by atoms with E-state index in [9.17, 15) is 9.18 Å². The van der Waals surface area contributed by atoms with Crippen LogP contribution in [0.3, 0.4) is 0 Å². The number of amides is 1. The third kappa shape index (κ3) is 4.76. The third-order valence-corrected chi connectivity index (χ3v) is 5.15. The van der Waals surface area contributed by atoms with Gasteiger partial charge in [-0.05, 0) is 43.3 Å². The van der Waals surface area contributed by atoms with Crippen LogP contribution in [0.2, 0.25) is 0 Å². The fourth-order valence-corrected chi connectivity index (χ4v) is 3.47. The second kappa shape index (κ2) is 7.93. The molecule has 3 rings (SSSR count). The molecular weight excluding hydrogens is 407 g/mol. The predicted molar refractivity (Wildman–Crippen MR) is 101 cm³/mol. The lowest BCUT2D eigenvalue weighted by atomic mass is 10.3. The van der Waals surface area contributed by atoms with Gasteiger partial charge in [-0.3, -0.25) is 4.79 Å². The largest absolute Gasteiger partial charge is 0.481 e. The van der Waals surface area contributed by atoms with Gasteiger partial charge in [0.25, 0.3) is 5.91 Å². The number of hydrogen-bond acceptors (Lipinski definition) is 4. The van der Waals surface area contributed by atoms with Crippen molar-refractivity contribution in [3.8, 4) is 5.75 Å². The lowest BCUT2D eigenvalue weighted by Crippen LogP contribution is -2.37. The van der Waals surface area contributed by atoms with Crippen LogP contribution in [-0.4, -0.2) is 23.5 Å². The minimum atomic E-state index is -0.592. The van der Waals surface area contributed by atoms with Crippen LogP contribution >= 0.6 is 27.3 Å². The van der Waals surface area contributed by atoms with Crippen LogP contribution in [0.25, 0.3) is 10.2 Å². The van der Waals surface area contributed by atoms with Crippen LogP contribution in [0.15, 0.2) is 46.9 Å². The first-order chi connectivity index (χ1) is 12.0. The second-order valence-electron chi connectivity index (χ2n) is 5.47. The van der Waals surface area contributed by atoms with Crippen molar-refractivity contribution in [1.29, 1.82) is 0 Å². The number of rotatable bonds is 6. The highest BCUT2D eigenvalue weighted by Crippen LogP contribution is 2.23. The predicted octanol–water partition coefficient (Wildman–Crippen LogP) is 4.32. The van der Waals surface area contributed by atoms with E-state index in [4.69, 9.17) is 4.74 Å². The molecule has 0 aliphatic carbocycles. The number of aromatic nitrogens is 1. The SMILES string of the molecule is C[C@H](Oc1ccc(Br)cc1)C(=O)NCCc1nc2cc(F)ccc2s1. The molecule has 4 nitrogen and oxygen atoms in total. The molecule has 1 heterocycles. The van der Waals surface area contributed by atoms with Gasteiger partial charge in [0.2, 0.25) is 0 Å². The zero-order valence-electron chi connectivity index (χ0n) is 13.5. The summed E-state index contributed by atoms with van der Waals surface area (Å²) in [5, 5.41) is 3.70. The van der Waals surface area contributed by atoms with Crippen LogP contribution in [0.4, 0.5) is 4.39 Å². The molecule has 0 unspecified atom stereocenters. The van der Waals surface area contributed by atoms with E-state index >= 15 is 0 Å². The van der Waals surface area contributed by atoms with Crippen molar-refractivity contribution in [2.45, 2.75) is 19.4 Å². The van der Waals surface area contributed by atoms with Crippen molar-refractivity contribution in [3.63, 3.8) is 0 Å². The first-order valence-corrected chi connectivity index (χ1v) is 9.37. The molecule has 7 heteroatoms. The summed E-state index contributed by atoms with van der Waals surface area (Å²) in [6, 6.07) is 11.9. The van der Waals surface area contributed by atoms with E-state index in [0.717, 1.165) is 14.2 Å². The Morgan fingerprint density at radius 2 is 2.08 bits per heavy atom. The van der Waals surface area contributed by atoms with Crippen molar-refractivity contribution >= 4 is 43.4 Å². The molecule has 2 aromatic carbocycles. The summed E-state index contributed by atoms with van der Waals surface area (Å²) < 4.78 is 20.7. The fourth-order valence-electron chi connectivity index (χ4n) is 2.26. The average Bonchev–Trinajstić information content (AvgIpc) is 2.98. The second-order valence-corrected chi connectivity index (χ2v) is 7.51. The van der Waals surface area contributed by atoms with Crippen LogP contribution in [0.1, 0.15) is 11.9 Å².